The second-order valence-corrected chi connectivity index (χ2v) is 3.88. The largest absolute Gasteiger partial charge is 0.218 e. The quantitative estimate of drug-likeness (QED) is 0.617. The predicted molar refractivity (Wildman–Crippen MR) is 41.8 cm³/mol. The van der Waals surface area contributed by atoms with Gasteiger partial charge in [-0.05, 0) is 6.92 Å². The molecule has 3 nitrogen and oxygen atoms in total. The van der Waals surface area contributed by atoms with Crippen molar-refractivity contribution in [1.82, 2.24) is 4.31 Å². The van der Waals surface area contributed by atoms with E-state index in [1.165, 1.54) is 17.0 Å². The molecule has 0 bridgehead atoms. The van der Waals surface area contributed by atoms with Crippen molar-refractivity contribution in [3.05, 3.63) is 5.75 Å². The van der Waals surface area contributed by atoms with Gasteiger partial charge in [0.25, 0.3) is 0 Å². The summed E-state index contributed by atoms with van der Waals surface area (Å²) in [5.41, 5.74) is 0. The highest BCUT2D eigenvalue weighted by atomic mass is 32.2. The first-order chi connectivity index (χ1) is 4.58. The van der Waals surface area contributed by atoms with Gasteiger partial charge in [0.05, 0.1) is 5.75 Å². The molecule has 0 saturated carbocycles. The summed E-state index contributed by atoms with van der Waals surface area (Å²) in [6.45, 7) is 6.27. The van der Waals surface area contributed by atoms with Crippen LogP contribution in [0.2, 0.25) is 0 Å². The van der Waals surface area contributed by atoms with E-state index in [-0.39, 0.29) is 0 Å². The highest BCUT2D eigenvalue weighted by molar-refractivity contribution is 7.91. The van der Waals surface area contributed by atoms with Crippen LogP contribution in [0.1, 0.15) is 20.8 Å². The molecule has 0 aromatic rings. The summed E-state index contributed by atoms with van der Waals surface area (Å²) in [6.07, 6.45) is 0. The molecule has 4 heteroatoms. The van der Waals surface area contributed by atoms with Crippen molar-refractivity contribution in [2.24, 2.45) is 0 Å². The highest BCUT2D eigenvalue weighted by Crippen LogP contribution is 2.02. The van der Waals surface area contributed by atoms with Crippen LogP contribution in [-0.2, 0) is 10.0 Å². The molecule has 0 aromatic heterocycles. The van der Waals surface area contributed by atoms with E-state index in [0.29, 0.717) is 13.1 Å². The molecule has 0 N–H and O–H groups in total. The van der Waals surface area contributed by atoms with Gasteiger partial charge in [0, 0.05) is 13.1 Å². The number of rotatable bonds is 4. The Bertz CT molecular complexity index is 170. The van der Waals surface area contributed by atoms with Crippen molar-refractivity contribution in [2.75, 3.05) is 13.1 Å². The molecule has 61 valence electrons. The molecule has 0 aromatic carbocycles. The molecule has 1 radical (unpaired) electrons. The fourth-order valence-corrected chi connectivity index (χ4v) is 1.75. The van der Waals surface area contributed by atoms with Gasteiger partial charge in [-0.25, -0.2) is 12.7 Å². The summed E-state index contributed by atoms with van der Waals surface area (Å²) in [4.78, 5) is 0. The third kappa shape index (κ3) is 2.27. The van der Waals surface area contributed by atoms with E-state index in [9.17, 15) is 8.42 Å². The first-order valence-electron chi connectivity index (χ1n) is 3.38. The summed E-state index contributed by atoms with van der Waals surface area (Å²) >= 11 is 0. The molecule has 0 fully saturated rings. The average molecular weight is 164 g/mol. The van der Waals surface area contributed by atoms with Crippen LogP contribution in [0.3, 0.4) is 0 Å². The van der Waals surface area contributed by atoms with Crippen LogP contribution >= 0.6 is 0 Å². The Morgan fingerprint density at radius 3 is 1.80 bits per heavy atom. The topological polar surface area (TPSA) is 37.4 Å². The summed E-state index contributed by atoms with van der Waals surface area (Å²) in [7, 11) is -3.05. The van der Waals surface area contributed by atoms with E-state index in [1.807, 2.05) is 13.8 Å². The zero-order chi connectivity index (χ0) is 8.20. The van der Waals surface area contributed by atoms with E-state index in [0.717, 1.165) is 0 Å². The molecule has 0 saturated heterocycles. The van der Waals surface area contributed by atoms with Crippen molar-refractivity contribution in [3.8, 4) is 0 Å². The van der Waals surface area contributed by atoms with Gasteiger partial charge in [-0.2, -0.15) is 0 Å². The molecule has 10 heavy (non-hydrogen) atoms. The van der Waals surface area contributed by atoms with E-state index in [2.05, 4.69) is 0 Å². The van der Waals surface area contributed by atoms with Crippen LogP contribution in [0.15, 0.2) is 0 Å². The molecular formula is C6H14NO2S. The van der Waals surface area contributed by atoms with E-state index >= 15 is 0 Å². The van der Waals surface area contributed by atoms with Crippen LogP contribution in [0, 0.1) is 5.75 Å². The number of nitrogens with zero attached hydrogens (tertiary/aromatic N) is 1. The summed E-state index contributed by atoms with van der Waals surface area (Å²) in [6, 6.07) is 0. The SMILES string of the molecule is C[CH]S(=O)(=O)N(CC)CC. The second-order valence-electron chi connectivity index (χ2n) is 1.86. The van der Waals surface area contributed by atoms with Gasteiger partial charge in [0.2, 0.25) is 10.0 Å². The minimum absolute atomic E-state index is 0.545. The molecule has 0 unspecified atom stereocenters. The van der Waals surface area contributed by atoms with E-state index in [1.54, 1.807) is 0 Å². The highest BCUT2D eigenvalue weighted by Gasteiger charge is 2.15. The molecular weight excluding hydrogens is 150 g/mol. The molecule has 0 heterocycles. The molecule has 0 amide bonds. The lowest BCUT2D eigenvalue weighted by molar-refractivity contribution is 0.450. The Hall–Kier alpha value is -0.0900. The van der Waals surface area contributed by atoms with Crippen LogP contribution in [0.5, 0.6) is 0 Å². The number of sulfonamides is 1. The number of hydrogen-bond acceptors (Lipinski definition) is 2. The Morgan fingerprint density at radius 2 is 1.70 bits per heavy atom. The first kappa shape index (κ1) is 9.91. The van der Waals surface area contributed by atoms with Gasteiger partial charge in [-0.1, -0.05) is 13.8 Å². The monoisotopic (exact) mass is 164 g/mol. The van der Waals surface area contributed by atoms with Crippen molar-refractivity contribution >= 4 is 10.0 Å². The lowest BCUT2D eigenvalue weighted by atomic mass is 10.7. The van der Waals surface area contributed by atoms with Crippen LogP contribution in [0.25, 0.3) is 0 Å². The zero-order valence-electron chi connectivity index (χ0n) is 6.66. The van der Waals surface area contributed by atoms with Gasteiger partial charge in [-0.15, -0.1) is 0 Å². The van der Waals surface area contributed by atoms with Crippen molar-refractivity contribution < 1.29 is 8.42 Å². The minimum Gasteiger partial charge on any atom is -0.212 e. The standard InChI is InChI=1S/C6H14NO2S/c1-4-7(5-2)10(8,9)6-3/h6H,4-5H2,1-3H3. The third-order valence-corrected chi connectivity index (χ3v) is 3.20. The second kappa shape index (κ2) is 3.93. The van der Waals surface area contributed by atoms with Crippen molar-refractivity contribution in [2.45, 2.75) is 20.8 Å². The van der Waals surface area contributed by atoms with Crippen molar-refractivity contribution in [1.29, 1.82) is 0 Å². The Morgan fingerprint density at radius 1 is 1.30 bits per heavy atom. The fourth-order valence-electron chi connectivity index (χ4n) is 0.733. The van der Waals surface area contributed by atoms with Crippen molar-refractivity contribution in [3.63, 3.8) is 0 Å². The maximum absolute atomic E-state index is 11.0. The molecule has 0 aliphatic rings. The number of hydrogen-bond donors (Lipinski definition) is 0. The van der Waals surface area contributed by atoms with Gasteiger partial charge in [-0.3, -0.25) is 0 Å². The Balaban J connectivity index is 4.28. The van der Waals surface area contributed by atoms with Gasteiger partial charge in [0.1, 0.15) is 0 Å². The average Bonchev–Trinajstić information content (AvgIpc) is 1.90. The fraction of sp³-hybridized carbons (Fsp3) is 0.833. The van der Waals surface area contributed by atoms with Gasteiger partial charge >= 0.3 is 0 Å². The zero-order valence-corrected chi connectivity index (χ0v) is 7.48. The molecule has 0 aliphatic carbocycles. The predicted octanol–water partition coefficient (Wildman–Crippen LogP) is 0.840. The summed E-state index contributed by atoms with van der Waals surface area (Å²) in [5.74, 6) is 1.22. The van der Waals surface area contributed by atoms with Crippen LogP contribution in [-0.4, -0.2) is 25.8 Å². The van der Waals surface area contributed by atoms with E-state index < -0.39 is 10.0 Å². The van der Waals surface area contributed by atoms with Gasteiger partial charge in [0.15, 0.2) is 0 Å². The first-order valence-corrected chi connectivity index (χ1v) is 4.88. The van der Waals surface area contributed by atoms with Crippen LogP contribution < -0.4 is 0 Å². The lowest BCUT2D eigenvalue weighted by Crippen LogP contribution is -2.29. The third-order valence-electron chi connectivity index (χ3n) is 1.36. The normalized spacial score (nSPS) is 12.4. The summed E-state index contributed by atoms with van der Waals surface area (Å²) in [5, 5.41) is 0. The lowest BCUT2D eigenvalue weighted by Gasteiger charge is -2.16. The Labute approximate surface area is 63.1 Å². The molecule has 0 aliphatic heterocycles. The Kier molecular flexibility index (Phi) is 3.89. The molecule has 0 atom stereocenters. The maximum atomic E-state index is 11.0. The maximum Gasteiger partial charge on any atom is 0.218 e. The molecule has 0 spiro atoms. The van der Waals surface area contributed by atoms with Crippen LogP contribution in [0.4, 0.5) is 0 Å². The van der Waals surface area contributed by atoms with E-state index in [4.69, 9.17) is 0 Å². The minimum atomic E-state index is -3.05. The smallest absolute Gasteiger partial charge is 0.212 e. The van der Waals surface area contributed by atoms with Gasteiger partial charge < -0.3 is 0 Å². The summed E-state index contributed by atoms with van der Waals surface area (Å²) < 4.78 is 23.5. The molecule has 0 rings (SSSR count).